The van der Waals surface area contributed by atoms with Crippen LogP contribution in [0, 0.1) is 0 Å². The maximum atomic E-state index is 4.64. The van der Waals surface area contributed by atoms with Crippen molar-refractivity contribution < 1.29 is 0 Å². The molecule has 1 aromatic heterocycles. The summed E-state index contributed by atoms with van der Waals surface area (Å²) in [7, 11) is 0. The van der Waals surface area contributed by atoms with Crippen LogP contribution in [0.5, 0.6) is 0 Å². The second kappa shape index (κ2) is 8.12. The van der Waals surface area contributed by atoms with Gasteiger partial charge in [-0.15, -0.1) is 0 Å². The van der Waals surface area contributed by atoms with E-state index in [1.165, 1.54) is 42.3 Å². The van der Waals surface area contributed by atoms with Crippen LogP contribution in [0.1, 0.15) is 57.7 Å². The zero-order valence-electron chi connectivity index (χ0n) is 16.5. The van der Waals surface area contributed by atoms with E-state index in [9.17, 15) is 0 Å². The summed E-state index contributed by atoms with van der Waals surface area (Å²) in [6.07, 6.45) is 14.5. The van der Waals surface area contributed by atoms with Crippen molar-refractivity contribution in [2.75, 3.05) is 0 Å². The van der Waals surface area contributed by atoms with Gasteiger partial charge in [-0.2, -0.15) is 5.11 Å². The summed E-state index contributed by atoms with van der Waals surface area (Å²) < 4.78 is 2.53. The number of nitrogens with zero attached hydrogens (tertiary/aromatic N) is 4. The van der Waals surface area contributed by atoms with Gasteiger partial charge >= 0.3 is 0 Å². The molecule has 1 aliphatic heterocycles. The molecule has 0 bridgehead atoms. The fraction of sp³-hybridized carbons (Fsp3) is 0.478. The summed E-state index contributed by atoms with van der Waals surface area (Å²) in [5.74, 6) is 0. The Bertz CT molecular complexity index is 860. The normalized spacial score (nSPS) is 21.9. The number of aromatic nitrogens is 1. The topological polar surface area (TPSA) is 32.9 Å². The number of rotatable bonds is 8. The highest BCUT2D eigenvalue weighted by Crippen LogP contribution is 2.37. The van der Waals surface area contributed by atoms with E-state index in [1.54, 1.807) is 0 Å². The molecule has 1 aliphatic carbocycles. The summed E-state index contributed by atoms with van der Waals surface area (Å²) in [5.41, 5.74) is 2.73. The molecule has 27 heavy (non-hydrogen) atoms. The van der Waals surface area contributed by atoms with E-state index in [2.05, 4.69) is 88.4 Å². The fourth-order valence-electron chi connectivity index (χ4n) is 4.27. The lowest BCUT2D eigenvalue weighted by Gasteiger charge is -2.32. The van der Waals surface area contributed by atoms with E-state index >= 15 is 0 Å². The summed E-state index contributed by atoms with van der Waals surface area (Å²) in [6.45, 7) is 5.59. The van der Waals surface area contributed by atoms with E-state index in [4.69, 9.17) is 0 Å². The first kappa shape index (κ1) is 18.0. The number of hydrogen-bond acceptors (Lipinski definition) is 3. The average molecular weight is 363 g/mol. The van der Waals surface area contributed by atoms with E-state index in [0.717, 1.165) is 13.0 Å². The van der Waals surface area contributed by atoms with Crippen molar-refractivity contribution in [1.29, 1.82) is 0 Å². The van der Waals surface area contributed by atoms with Crippen molar-refractivity contribution in [3.63, 3.8) is 0 Å². The Morgan fingerprint density at radius 3 is 2.70 bits per heavy atom. The van der Waals surface area contributed by atoms with E-state index in [0.29, 0.717) is 0 Å². The Hall–Kier alpha value is -2.36. The second-order valence-corrected chi connectivity index (χ2v) is 7.63. The lowest BCUT2D eigenvalue weighted by atomic mass is 9.99. The maximum Gasteiger partial charge on any atom is 0.117 e. The number of hydrogen-bond donors (Lipinski definition) is 0. The molecule has 2 heterocycles. The van der Waals surface area contributed by atoms with Gasteiger partial charge in [-0.1, -0.05) is 80.8 Å². The molecule has 4 rings (SSSR count). The van der Waals surface area contributed by atoms with Crippen LogP contribution in [0.4, 0.5) is 0 Å². The molecule has 0 N–H and O–H groups in total. The Morgan fingerprint density at radius 2 is 1.85 bits per heavy atom. The van der Waals surface area contributed by atoms with Crippen LogP contribution in [0.25, 0.3) is 10.9 Å². The summed E-state index contributed by atoms with van der Waals surface area (Å²) in [4.78, 5) is 0. The number of unbranched alkanes of at least 4 members (excludes halogenated alkanes) is 2. The number of benzene rings is 1. The molecule has 4 heteroatoms. The highest BCUT2D eigenvalue weighted by Gasteiger charge is 2.36. The quantitative estimate of drug-likeness (QED) is 0.549. The first-order chi connectivity index (χ1) is 13.3. The van der Waals surface area contributed by atoms with Crippen LogP contribution in [0.3, 0.4) is 0 Å². The minimum absolute atomic E-state index is 0.160. The SMILES string of the molecule is CCCCC(c1cc2ccccc2n1CCCC)N1N=NC2C=CC=CC21. The average Bonchev–Trinajstić information content (AvgIpc) is 3.29. The molecule has 142 valence electrons. The molecule has 1 aromatic carbocycles. The third kappa shape index (κ3) is 3.45. The zero-order chi connectivity index (χ0) is 18.6. The van der Waals surface area contributed by atoms with Gasteiger partial charge in [-0.25, -0.2) is 0 Å². The number of para-hydroxylation sites is 1. The largest absolute Gasteiger partial charge is 0.343 e. The van der Waals surface area contributed by atoms with Gasteiger partial charge in [0.05, 0.1) is 12.1 Å². The highest BCUT2D eigenvalue weighted by atomic mass is 15.6. The predicted molar refractivity (Wildman–Crippen MR) is 112 cm³/mol. The molecule has 0 amide bonds. The van der Waals surface area contributed by atoms with Crippen LogP contribution in [-0.2, 0) is 6.54 Å². The highest BCUT2D eigenvalue weighted by molar-refractivity contribution is 5.81. The fourth-order valence-corrected chi connectivity index (χ4v) is 4.27. The maximum absolute atomic E-state index is 4.64. The standard InChI is InChI=1S/C23H30N4/c1-3-5-13-22(27-21-15-10-8-12-19(21)24-25-27)23-17-18-11-7-9-14-20(18)26(23)16-6-4-2/h7-12,14-15,17,19,21-22H,3-6,13,16H2,1-2H3. The van der Waals surface area contributed by atoms with Crippen molar-refractivity contribution in [3.8, 4) is 0 Å². The molecule has 0 saturated carbocycles. The second-order valence-electron chi connectivity index (χ2n) is 7.63. The molecule has 3 atom stereocenters. The molecule has 3 unspecified atom stereocenters. The third-order valence-corrected chi connectivity index (χ3v) is 5.74. The monoisotopic (exact) mass is 362 g/mol. The minimum Gasteiger partial charge on any atom is -0.343 e. The van der Waals surface area contributed by atoms with Crippen LogP contribution in [0.2, 0.25) is 0 Å². The Balaban J connectivity index is 1.75. The molecule has 0 fully saturated rings. The summed E-state index contributed by atoms with van der Waals surface area (Å²) in [5, 5.41) is 12.8. The van der Waals surface area contributed by atoms with E-state index in [1.807, 2.05) is 0 Å². The lowest BCUT2D eigenvalue weighted by Crippen LogP contribution is -2.36. The van der Waals surface area contributed by atoms with Crippen LogP contribution in [-0.4, -0.2) is 21.7 Å². The predicted octanol–water partition coefficient (Wildman–Crippen LogP) is 6.22. The minimum atomic E-state index is 0.160. The number of allylic oxidation sites excluding steroid dienone is 2. The Labute approximate surface area is 162 Å². The molecular formula is C23H30N4. The molecule has 0 radical (unpaired) electrons. The molecule has 2 aliphatic rings. The van der Waals surface area contributed by atoms with E-state index < -0.39 is 0 Å². The van der Waals surface area contributed by atoms with Gasteiger partial charge in [0.15, 0.2) is 0 Å². The molecule has 4 nitrogen and oxygen atoms in total. The lowest BCUT2D eigenvalue weighted by molar-refractivity contribution is 0.165. The molecular weight excluding hydrogens is 332 g/mol. The van der Waals surface area contributed by atoms with E-state index in [-0.39, 0.29) is 18.1 Å². The van der Waals surface area contributed by atoms with Crippen molar-refractivity contribution in [3.05, 3.63) is 60.3 Å². The Kier molecular flexibility index (Phi) is 5.42. The first-order valence-corrected chi connectivity index (χ1v) is 10.5. The molecule has 0 spiro atoms. The third-order valence-electron chi connectivity index (χ3n) is 5.74. The summed E-state index contributed by atoms with van der Waals surface area (Å²) >= 11 is 0. The van der Waals surface area contributed by atoms with Crippen molar-refractivity contribution >= 4 is 10.9 Å². The number of aryl methyl sites for hydroxylation is 1. The van der Waals surface area contributed by atoms with Crippen molar-refractivity contribution in [1.82, 2.24) is 9.58 Å². The zero-order valence-corrected chi connectivity index (χ0v) is 16.5. The first-order valence-electron chi connectivity index (χ1n) is 10.5. The van der Waals surface area contributed by atoms with Gasteiger partial charge in [0, 0.05) is 17.8 Å². The molecule has 2 aromatic rings. The Morgan fingerprint density at radius 1 is 1.04 bits per heavy atom. The van der Waals surface area contributed by atoms with Gasteiger partial charge in [0.2, 0.25) is 0 Å². The van der Waals surface area contributed by atoms with Crippen LogP contribution in [0.15, 0.2) is 65.0 Å². The van der Waals surface area contributed by atoms with Gasteiger partial charge in [0.25, 0.3) is 0 Å². The molecule has 0 saturated heterocycles. The van der Waals surface area contributed by atoms with Gasteiger partial charge in [0.1, 0.15) is 6.04 Å². The van der Waals surface area contributed by atoms with Gasteiger partial charge in [-0.05, 0) is 30.4 Å². The van der Waals surface area contributed by atoms with Crippen LogP contribution < -0.4 is 0 Å². The summed E-state index contributed by atoms with van der Waals surface area (Å²) in [6, 6.07) is 11.8. The van der Waals surface area contributed by atoms with Crippen molar-refractivity contribution in [2.24, 2.45) is 10.3 Å². The smallest absolute Gasteiger partial charge is 0.117 e. The van der Waals surface area contributed by atoms with Gasteiger partial charge in [-0.3, -0.25) is 5.01 Å². The van der Waals surface area contributed by atoms with Crippen molar-refractivity contribution in [2.45, 2.75) is 70.6 Å². The van der Waals surface area contributed by atoms with Crippen LogP contribution >= 0.6 is 0 Å². The van der Waals surface area contributed by atoms with Gasteiger partial charge < -0.3 is 4.57 Å². The number of fused-ring (bicyclic) bond motifs is 2.